The van der Waals surface area contributed by atoms with Gasteiger partial charge in [-0.25, -0.2) is 9.87 Å². The first kappa shape index (κ1) is 16.0. The predicted molar refractivity (Wildman–Crippen MR) is 74.7 cm³/mol. The fraction of sp³-hybridized carbons (Fsp3) is 0.500. The van der Waals surface area contributed by atoms with Crippen LogP contribution in [0.4, 0.5) is 4.39 Å². The number of halogens is 1. The van der Waals surface area contributed by atoms with E-state index in [9.17, 15) is 9.18 Å². The van der Waals surface area contributed by atoms with E-state index in [1.807, 2.05) is 0 Å². The summed E-state index contributed by atoms with van der Waals surface area (Å²) in [6, 6.07) is 6.36. The van der Waals surface area contributed by atoms with E-state index >= 15 is 0 Å². The molecule has 0 spiro atoms. The average Bonchev–Trinajstić information content (AvgIpc) is 2.43. The second kappa shape index (κ2) is 8.93. The van der Waals surface area contributed by atoms with Gasteiger partial charge < -0.3 is 0 Å². The van der Waals surface area contributed by atoms with E-state index in [0.29, 0.717) is 11.3 Å². The lowest BCUT2D eigenvalue weighted by molar-refractivity contribution is -0.128. The number of amides is 1. The Hall–Kier alpha value is -1.07. The number of carbonyl (C=O) groups excluding carboxylic acids is 1. The van der Waals surface area contributed by atoms with Crippen molar-refractivity contribution in [3.8, 4) is 0 Å². The highest BCUT2D eigenvalue weighted by atomic mass is 32.2. The molecule has 1 aromatic rings. The van der Waals surface area contributed by atoms with Crippen molar-refractivity contribution in [2.24, 2.45) is 0 Å². The van der Waals surface area contributed by atoms with Crippen LogP contribution in [0.1, 0.15) is 39.0 Å². The molecular weight excluding hydrogens is 265 g/mol. The first-order valence-corrected chi connectivity index (χ1v) is 7.42. The molecule has 0 radical (unpaired) electrons. The van der Waals surface area contributed by atoms with E-state index in [4.69, 9.17) is 5.21 Å². The molecule has 3 nitrogen and oxygen atoms in total. The Morgan fingerprint density at radius 3 is 2.74 bits per heavy atom. The molecule has 0 aliphatic carbocycles. The quantitative estimate of drug-likeness (QED) is 0.331. The minimum Gasteiger partial charge on any atom is -0.289 e. The number of hydrogen-bond donors (Lipinski definition) is 2. The van der Waals surface area contributed by atoms with Gasteiger partial charge in [-0.3, -0.25) is 10.0 Å². The highest BCUT2D eigenvalue weighted by molar-refractivity contribution is 8.00. The number of rotatable bonds is 8. The molecule has 0 aromatic heterocycles. The van der Waals surface area contributed by atoms with Crippen molar-refractivity contribution in [1.82, 2.24) is 5.48 Å². The minimum absolute atomic E-state index is 0.336. The van der Waals surface area contributed by atoms with E-state index in [0.717, 1.165) is 37.4 Å². The zero-order valence-electron chi connectivity index (χ0n) is 11.1. The molecule has 1 unspecified atom stereocenters. The van der Waals surface area contributed by atoms with Crippen LogP contribution in [0.15, 0.2) is 29.2 Å². The lowest BCUT2D eigenvalue weighted by Gasteiger charge is -2.14. The first-order chi connectivity index (χ1) is 9.19. The molecule has 1 rings (SSSR count). The maximum absolute atomic E-state index is 13.5. The highest BCUT2D eigenvalue weighted by Gasteiger charge is 2.20. The van der Waals surface area contributed by atoms with Crippen LogP contribution in [0, 0.1) is 5.82 Å². The third kappa shape index (κ3) is 5.61. The van der Waals surface area contributed by atoms with Gasteiger partial charge in [0.1, 0.15) is 5.82 Å². The molecule has 0 fully saturated rings. The molecule has 1 atom stereocenters. The molecule has 0 heterocycles. The fourth-order valence-corrected chi connectivity index (χ4v) is 2.85. The van der Waals surface area contributed by atoms with Crippen molar-refractivity contribution < 1.29 is 14.4 Å². The largest absolute Gasteiger partial charge is 0.289 e. The number of hydrogen-bond acceptors (Lipinski definition) is 3. The van der Waals surface area contributed by atoms with Gasteiger partial charge in [0.05, 0.1) is 5.25 Å². The minimum atomic E-state index is -0.468. The van der Waals surface area contributed by atoms with Gasteiger partial charge in [0, 0.05) is 4.90 Å². The normalized spacial score (nSPS) is 12.2. The Morgan fingerprint density at radius 2 is 2.11 bits per heavy atom. The Kier molecular flexibility index (Phi) is 7.52. The number of unbranched alkanes of at least 4 members (excludes halogenated alkanes) is 3. The van der Waals surface area contributed by atoms with Gasteiger partial charge in [-0.15, -0.1) is 11.8 Å². The molecule has 0 saturated heterocycles. The smallest absolute Gasteiger partial charge is 0.256 e. The number of benzene rings is 1. The Morgan fingerprint density at radius 1 is 1.37 bits per heavy atom. The molecule has 5 heteroatoms. The third-order valence-corrected chi connectivity index (χ3v) is 4.15. The van der Waals surface area contributed by atoms with Crippen LogP contribution in [0.25, 0.3) is 0 Å². The maximum atomic E-state index is 13.5. The van der Waals surface area contributed by atoms with Crippen molar-refractivity contribution in [1.29, 1.82) is 0 Å². The molecule has 2 N–H and O–H groups in total. The number of hydroxylamine groups is 1. The van der Waals surface area contributed by atoms with Crippen molar-refractivity contribution in [2.75, 3.05) is 0 Å². The van der Waals surface area contributed by atoms with Crippen LogP contribution in [0.3, 0.4) is 0 Å². The van der Waals surface area contributed by atoms with E-state index < -0.39 is 11.2 Å². The summed E-state index contributed by atoms with van der Waals surface area (Å²) in [5.41, 5.74) is 1.66. The second-order valence-electron chi connectivity index (χ2n) is 4.36. The van der Waals surface area contributed by atoms with Crippen molar-refractivity contribution in [3.05, 3.63) is 30.1 Å². The van der Waals surface area contributed by atoms with Gasteiger partial charge >= 0.3 is 0 Å². The molecule has 19 heavy (non-hydrogen) atoms. The number of nitrogens with one attached hydrogen (secondary N) is 1. The topological polar surface area (TPSA) is 49.3 Å². The number of carbonyl (C=O) groups is 1. The summed E-state index contributed by atoms with van der Waals surface area (Å²) in [5.74, 6) is -0.804. The summed E-state index contributed by atoms with van der Waals surface area (Å²) in [6.45, 7) is 2.12. The Labute approximate surface area is 117 Å². The van der Waals surface area contributed by atoms with E-state index in [1.54, 1.807) is 23.7 Å². The summed E-state index contributed by atoms with van der Waals surface area (Å²) < 4.78 is 13.5. The SMILES string of the molecule is CCCCCCC(Sc1ccccc1F)C(=O)NO. The van der Waals surface area contributed by atoms with Gasteiger partial charge in [0.2, 0.25) is 0 Å². The van der Waals surface area contributed by atoms with Crippen LogP contribution in [-0.2, 0) is 4.79 Å². The summed E-state index contributed by atoms with van der Waals surface area (Å²) in [5, 5.41) is 8.29. The summed E-state index contributed by atoms with van der Waals surface area (Å²) >= 11 is 1.16. The molecule has 0 saturated carbocycles. The van der Waals surface area contributed by atoms with Gasteiger partial charge in [0.25, 0.3) is 5.91 Å². The number of thioether (sulfide) groups is 1. The Bertz CT molecular complexity index is 401. The zero-order chi connectivity index (χ0) is 14.1. The molecular formula is C14H20FNO2S. The molecule has 1 amide bonds. The third-order valence-electron chi connectivity index (χ3n) is 2.83. The van der Waals surface area contributed by atoms with Gasteiger partial charge in [-0.2, -0.15) is 0 Å². The molecule has 0 bridgehead atoms. The maximum Gasteiger partial charge on any atom is 0.256 e. The van der Waals surface area contributed by atoms with Crippen molar-refractivity contribution >= 4 is 17.7 Å². The van der Waals surface area contributed by atoms with Crippen LogP contribution < -0.4 is 5.48 Å². The molecule has 0 aliphatic rings. The first-order valence-electron chi connectivity index (χ1n) is 6.54. The predicted octanol–water partition coefficient (Wildman–Crippen LogP) is 3.76. The standard InChI is InChI=1S/C14H20FNO2S/c1-2-3-4-5-10-13(14(17)16-18)19-12-9-7-6-8-11(12)15/h6-9,13,18H,2-5,10H2,1H3,(H,16,17). The molecule has 106 valence electrons. The second-order valence-corrected chi connectivity index (χ2v) is 5.61. The zero-order valence-corrected chi connectivity index (χ0v) is 11.9. The van der Waals surface area contributed by atoms with Crippen LogP contribution >= 0.6 is 11.8 Å². The van der Waals surface area contributed by atoms with Crippen molar-refractivity contribution in [3.63, 3.8) is 0 Å². The van der Waals surface area contributed by atoms with E-state index in [-0.39, 0.29) is 5.82 Å². The van der Waals surface area contributed by atoms with E-state index in [2.05, 4.69) is 6.92 Å². The van der Waals surface area contributed by atoms with Crippen molar-refractivity contribution in [2.45, 2.75) is 49.2 Å². The lowest BCUT2D eigenvalue weighted by atomic mass is 10.1. The van der Waals surface area contributed by atoms with Gasteiger partial charge in [0.15, 0.2) is 0 Å². The molecule has 1 aromatic carbocycles. The fourth-order valence-electron chi connectivity index (χ4n) is 1.77. The Balaban J connectivity index is 2.59. The van der Waals surface area contributed by atoms with Gasteiger partial charge in [-0.05, 0) is 18.6 Å². The van der Waals surface area contributed by atoms with Crippen LogP contribution in [0.2, 0.25) is 0 Å². The monoisotopic (exact) mass is 285 g/mol. The summed E-state index contributed by atoms with van der Waals surface area (Å²) in [7, 11) is 0. The summed E-state index contributed by atoms with van der Waals surface area (Å²) in [4.78, 5) is 12.0. The van der Waals surface area contributed by atoms with Gasteiger partial charge in [-0.1, -0.05) is 44.7 Å². The van der Waals surface area contributed by atoms with Crippen LogP contribution in [-0.4, -0.2) is 16.4 Å². The summed E-state index contributed by atoms with van der Waals surface area (Å²) in [6.07, 6.45) is 4.82. The molecule has 0 aliphatic heterocycles. The lowest BCUT2D eigenvalue weighted by Crippen LogP contribution is -2.30. The van der Waals surface area contributed by atoms with E-state index in [1.165, 1.54) is 6.07 Å². The van der Waals surface area contributed by atoms with Crippen LogP contribution in [0.5, 0.6) is 0 Å². The average molecular weight is 285 g/mol. The highest BCUT2D eigenvalue weighted by Crippen LogP contribution is 2.29.